The van der Waals surface area contributed by atoms with Gasteiger partial charge in [-0.2, -0.15) is 0 Å². The molecule has 0 heterocycles. The number of amides is 2. The summed E-state index contributed by atoms with van der Waals surface area (Å²) in [6.07, 6.45) is 7.30. The van der Waals surface area contributed by atoms with Crippen LogP contribution in [0.25, 0.3) is 0 Å². The quantitative estimate of drug-likeness (QED) is 0.294. The Balaban J connectivity index is 0. The summed E-state index contributed by atoms with van der Waals surface area (Å²) >= 11 is 0. The van der Waals surface area contributed by atoms with Crippen molar-refractivity contribution in [1.82, 2.24) is 10.2 Å². The number of nitrogens with one attached hydrogen (secondary N) is 1. The lowest BCUT2D eigenvalue weighted by molar-refractivity contribution is -0.138. The molecule has 0 aromatic rings. The second kappa shape index (κ2) is 17.7. The monoisotopic (exact) mass is 454 g/mol. The van der Waals surface area contributed by atoms with E-state index in [2.05, 4.69) is 33.0 Å². The molecule has 0 saturated heterocycles. The highest BCUT2D eigenvalue weighted by molar-refractivity contribution is 5.89. The van der Waals surface area contributed by atoms with Crippen molar-refractivity contribution in [2.45, 2.75) is 107 Å². The normalized spacial score (nSPS) is 12.5. The zero-order valence-electron chi connectivity index (χ0n) is 22.5. The minimum absolute atomic E-state index is 0.0372. The predicted molar refractivity (Wildman–Crippen MR) is 133 cm³/mol. The molecule has 6 heteroatoms. The summed E-state index contributed by atoms with van der Waals surface area (Å²) in [6, 6.07) is -0.258. The molecule has 0 rings (SSSR count). The summed E-state index contributed by atoms with van der Waals surface area (Å²) in [5.74, 6) is -0.481. The summed E-state index contributed by atoms with van der Waals surface area (Å²) in [4.78, 5) is 39.2. The number of hydrogen-bond acceptors (Lipinski definition) is 4. The minimum Gasteiger partial charge on any atom is -0.463 e. The first-order chi connectivity index (χ1) is 15.0. The van der Waals surface area contributed by atoms with Crippen molar-refractivity contribution in [3.63, 3.8) is 0 Å². The number of rotatable bonds is 13. The maximum atomic E-state index is 12.9. The number of ether oxygens (including phenoxy) is 1. The van der Waals surface area contributed by atoms with Crippen LogP contribution >= 0.6 is 0 Å². The van der Waals surface area contributed by atoms with E-state index in [0.717, 1.165) is 32.1 Å². The summed E-state index contributed by atoms with van der Waals surface area (Å²) in [5, 5.41) is 2.87. The van der Waals surface area contributed by atoms with Gasteiger partial charge in [0.15, 0.2) is 0 Å². The summed E-state index contributed by atoms with van der Waals surface area (Å²) in [5.41, 5.74) is 0.0744. The lowest BCUT2D eigenvalue weighted by atomic mass is 9.76. The predicted octanol–water partition coefficient (Wildman–Crippen LogP) is 5.51. The largest absolute Gasteiger partial charge is 0.463 e. The summed E-state index contributed by atoms with van der Waals surface area (Å²) in [7, 11) is 1.71. The Hall–Kier alpha value is -1.85. The lowest BCUT2D eigenvalue weighted by Crippen LogP contribution is -2.48. The van der Waals surface area contributed by atoms with Crippen molar-refractivity contribution in [3.05, 3.63) is 11.6 Å². The molecule has 1 atom stereocenters. The van der Waals surface area contributed by atoms with Gasteiger partial charge in [-0.05, 0) is 39.0 Å². The van der Waals surface area contributed by atoms with Gasteiger partial charge >= 0.3 is 5.97 Å². The van der Waals surface area contributed by atoms with Gasteiger partial charge in [0.2, 0.25) is 11.8 Å². The lowest BCUT2D eigenvalue weighted by Gasteiger charge is -2.32. The molecule has 0 bridgehead atoms. The van der Waals surface area contributed by atoms with E-state index in [-0.39, 0.29) is 36.3 Å². The molecule has 2 amide bonds. The third-order valence-electron chi connectivity index (χ3n) is 5.56. The van der Waals surface area contributed by atoms with Crippen molar-refractivity contribution < 1.29 is 19.1 Å². The first kappa shape index (κ1) is 32.3. The minimum atomic E-state index is -0.403. The number of hydrogen-bond donors (Lipinski definition) is 1. The summed E-state index contributed by atoms with van der Waals surface area (Å²) in [6.45, 7) is 18.2. The number of nitrogens with zero attached hydrogens (tertiary/aromatic N) is 1. The summed E-state index contributed by atoms with van der Waals surface area (Å²) < 4.78 is 5.03. The van der Waals surface area contributed by atoms with Gasteiger partial charge in [0.05, 0.1) is 19.2 Å². The van der Waals surface area contributed by atoms with Crippen LogP contribution in [0.1, 0.15) is 101 Å². The van der Waals surface area contributed by atoms with E-state index in [1.54, 1.807) is 31.9 Å². The highest BCUT2D eigenvalue weighted by Crippen LogP contribution is 2.33. The highest BCUT2D eigenvalue weighted by atomic mass is 16.5. The number of carbonyl (C=O) groups excluding carboxylic acids is 3. The molecule has 6 nitrogen and oxygen atoms in total. The van der Waals surface area contributed by atoms with Crippen molar-refractivity contribution in [2.75, 3.05) is 20.2 Å². The van der Waals surface area contributed by atoms with Gasteiger partial charge in [0, 0.05) is 18.0 Å². The molecule has 32 heavy (non-hydrogen) atoms. The third kappa shape index (κ3) is 11.1. The molecule has 0 fully saturated rings. The van der Waals surface area contributed by atoms with Crippen molar-refractivity contribution >= 4 is 17.8 Å². The van der Waals surface area contributed by atoms with Crippen LogP contribution in [0.3, 0.4) is 0 Å². The Kier molecular flexibility index (Phi) is 17.9. The van der Waals surface area contributed by atoms with Gasteiger partial charge in [-0.15, -0.1) is 0 Å². The fourth-order valence-corrected chi connectivity index (χ4v) is 3.78. The zero-order valence-corrected chi connectivity index (χ0v) is 22.5. The smallest absolute Gasteiger partial charge is 0.333 e. The van der Waals surface area contributed by atoms with Gasteiger partial charge in [0.25, 0.3) is 0 Å². The van der Waals surface area contributed by atoms with Crippen LogP contribution in [0.4, 0.5) is 0 Å². The molecule has 1 N–H and O–H groups in total. The molecule has 0 saturated carbocycles. The number of esters is 1. The van der Waals surface area contributed by atoms with E-state index in [4.69, 9.17) is 4.74 Å². The van der Waals surface area contributed by atoms with E-state index < -0.39 is 5.41 Å². The highest BCUT2D eigenvalue weighted by Gasteiger charge is 2.35. The standard InChI is InChI=1S/C23H42N2O4.C3H8/c1-9-13-23(11-3,14-10-2)22(28)24-16-20(26)25(8)19(17(5)6)15-18(7)21(27)29-12-4;1-3-2/h15,17,19H,9-14,16H2,1-8H3,(H,24,28);3H2,1-2H3/b18-15+;/t19-;/m1./s1. The maximum absolute atomic E-state index is 12.9. The first-order valence-corrected chi connectivity index (χ1v) is 12.4. The van der Waals surface area contributed by atoms with Crippen molar-refractivity contribution in [2.24, 2.45) is 11.3 Å². The van der Waals surface area contributed by atoms with Crippen LogP contribution in [0, 0.1) is 11.3 Å². The van der Waals surface area contributed by atoms with E-state index in [9.17, 15) is 14.4 Å². The average Bonchev–Trinajstić information content (AvgIpc) is 2.74. The SMILES string of the molecule is CCC.CCCC(CC)(CCC)C(=O)NCC(=O)N(C)[C@H](/C=C(\C)C(=O)OCC)C(C)C. The van der Waals surface area contributed by atoms with Crippen LogP contribution in [0.5, 0.6) is 0 Å². The molecule has 0 aromatic carbocycles. The molecule has 0 aliphatic rings. The Labute approximate surface area is 197 Å². The fourth-order valence-electron chi connectivity index (χ4n) is 3.78. The zero-order chi connectivity index (χ0) is 25.3. The van der Waals surface area contributed by atoms with Gasteiger partial charge in [-0.3, -0.25) is 9.59 Å². The van der Waals surface area contributed by atoms with Gasteiger partial charge < -0.3 is 15.0 Å². The number of carbonyl (C=O) groups is 3. The van der Waals surface area contributed by atoms with Crippen LogP contribution in [-0.2, 0) is 19.1 Å². The van der Waals surface area contributed by atoms with E-state index in [1.807, 2.05) is 20.8 Å². The molecular formula is C26H50N2O4. The third-order valence-corrected chi connectivity index (χ3v) is 5.56. The molecule has 0 aliphatic carbocycles. The first-order valence-electron chi connectivity index (χ1n) is 12.4. The van der Waals surface area contributed by atoms with Gasteiger partial charge in [-0.25, -0.2) is 4.79 Å². The Morgan fingerprint density at radius 2 is 1.50 bits per heavy atom. The van der Waals surface area contributed by atoms with E-state index >= 15 is 0 Å². The van der Waals surface area contributed by atoms with Gasteiger partial charge in [0.1, 0.15) is 0 Å². The van der Waals surface area contributed by atoms with Crippen molar-refractivity contribution in [3.8, 4) is 0 Å². The fraction of sp³-hybridized carbons (Fsp3) is 0.808. The molecule has 0 aliphatic heterocycles. The van der Waals surface area contributed by atoms with Crippen LogP contribution in [0.2, 0.25) is 0 Å². The van der Waals surface area contributed by atoms with Crippen molar-refractivity contribution in [1.29, 1.82) is 0 Å². The number of likely N-dealkylation sites (N-methyl/N-ethyl adjacent to an activating group) is 1. The second-order valence-corrected chi connectivity index (χ2v) is 8.83. The van der Waals surface area contributed by atoms with Gasteiger partial charge in [-0.1, -0.05) is 73.8 Å². The molecule has 0 aromatic heterocycles. The average molecular weight is 455 g/mol. The van der Waals surface area contributed by atoms with E-state index in [0.29, 0.717) is 12.2 Å². The molecule has 0 spiro atoms. The Morgan fingerprint density at radius 3 is 1.88 bits per heavy atom. The van der Waals surface area contributed by atoms with Crippen LogP contribution in [0.15, 0.2) is 11.6 Å². The molecule has 0 radical (unpaired) electrons. The Morgan fingerprint density at radius 1 is 1.00 bits per heavy atom. The molecule has 188 valence electrons. The maximum Gasteiger partial charge on any atom is 0.333 e. The topological polar surface area (TPSA) is 75.7 Å². The second-order valence-electron chi connectivity index (χ2n) is 8.83. The molecular weight excluding hydrogens is 404 g/mol. The van der Waals surface area contributed by atoms with E-state index in [1.165, 1.54) is 6.42 Å². The molecule has 0 unspecified atom stereocenters. The van der Waals surface area contributed by atoms with Crippen LogP contribution in [-0.4, -0.2) is 48.9 Å². The Bertz CT molecular complexity index is 578. The van der Waals surface area contributed by atoms with Crippen LogP contribution < -0.4 is 5.32 Å².